The second kappa shape index (κ2) is 5.82. The summed E-state index contributed by atoms with van der Waals surface area (Å²) in [6.45, 7) is 3.14. The summed E-state index contributed by atoms with van der Waals surface area (Å²) < 4.78 is 11.2. The zero-order chi connectivity index (χ0) is 14.0. The number of nitrogens with zero attached hydrogens (tertiary/aromatic N) is 2. The van der Waals surface area contributed by atoms with Crippen LogP contribution in [0.2, 0.25) is 0 Å². The Bertz CT molecular complexity index is 436. The van der Waals surface area contributed by atoms with Gasteiger partial charge in [-0.3, -0.25) is 0 Å². The highest BCUT2D eigenvalue weighted by Gasteiger charge is 2.40. The molecule has 5 heteroatoms. The van der Waals surface area contributed by atoms with E-state index in [0.717, 1.165) is 43.4 Å². The Morgan fingerprint density at radius 3 is 2.75 bits per heavy atom. The van der Waals surface area contributed by atoms with Gasteiger partial charge in [0.05, 0.1) is 0 Å². The maximum absolute atomic E-state index is 5.71. The van der Waals surface area contributed by atoms with Crippen LogP contribution >= 0.6 is 0 Å². The summed E-state index contributed by atoms with van der Waals surface area (Å²) in [5, 5.41) is 7.73. The molecule has 5 nitrogen and oxygen atoms in total. The molecule has 2 saturated carbocycles. The molecule has 0 aromatic carbocycles. The van der Waals surface area contributed by atoms with Gasteiger partial charge in [0.2, 0.25) is 11.7 Å². The zero-order valence-electron chi connectivity index (χ0n) is 12.5. The third-order valence-corrected chi connectivity index (χ3v) is 4.73. The summed E-state index contributed by atoms with van der Waals surface area (Å²) in [4.78, 5) is 4.62. The van der Waals surface area contributed by atoms with E-state index in [1.165, 1.54) is 25.7 Å². The Hall–Kier alpha value is -0.940. The molecule has 0 amide bonds. The first-order valence-electron chi connectivity index (χ1n) is 7.89. The van der Waals surface area contributed by atoms with Crippen LogP contribution in [-0.4, -0.2) is 29.8 Å². The first-order chi connectivity index (χ1) is 9.77. The van der Waals surface area contributed by atoms with E-state index in [4.69, 9.17) is 9.26 Å². The highest BCUT2D eigenvalue weighted by atomic mass is 16.5. The molecule has 0 bridgehead atoms. The quantitative estimate of drug-likeness (QED) is 0.830. The summed E-state index contributed by atoms with van der Waals surface area (Å²) in [7, 11) is 1.76. The van der Waals surface area contributed by atoms with E-state index in [0.29, 0.717) is 6.04 Å². The summed E-state index contributed by atoms with van der Waals surface area (Å²) in [6, 6.07) is 0.482. The van der Waals surface area contributed by atoms with Crippen LogP contribution in [0, 0.1) is 5.92 Å². The molecule has 1 aromatic rings. The molecule has 3 rings (SSSR count). The predicted molar refractivity (Wildman–Crippen MR) is 75.3 cm³/mol. The van der Waals surface area contributed by atoms with E-state index in [-0.39, 0.29) is 5.60 Å². The lowest BCUT2D eigenvalue weighted by atomic mass is 10.0. The zero-order valence-corrected chi connectivity index (χ0v) is 12.5. The standard InChI is InChI=1S/C15H25N3O2/c1-3-16-12(11-6-7-11)10-13-17-14(18-20-13)15(19-2)8-4-5-9-15/h11-12,16H,3-10H2,1-2H3. The molecule has 112 valence electrons. The van der Waals surface area contributed by atoms with Gasteiger partial charge < -0.3 is 14.6 Å². The predicted octanol–water partition coefficient (Wildman–Crippen LogP) is 2.42. The Balaban J connectivity index is 1.69. The molecule has 1 atom stereocenters. The summed E-state index contributed by atoms with van der Waals surface area (Å²) in [6.07, 6.45) is 7.84. The Morgan fingerprint density at radius 2 is 2.15 bits per heavy atom. The fourth-order valence-corrected chi connectivity index (χ4v) is 3.34. The van der Waals surface area contributed by atoms with Crippen LogP contribution in [0.3, 0.4) is 0 Å². The molecular formula is C15H25N3O2. The number of aromatic nitrogens is 2. The third-order valence-electron chi connectivity index (χ3n) is 4.73. The fraction of sp³-hybridized carbons (Fsp3) is 0.867. The van der Waals surface area contributed by atoms with E-state index in [1.807, 2.05) is 0 Å². The molecule has 2 aliphatic rings. The van der Waals surface area contributed by atoms with Gasteiger partial charge in [0.25, 0.3) is 0 Å². The van der Waals surface area contributed by atoms with Gasteiger partial charge in [-0.1, -0.05) is 12.1 Å². The van der Waals surface area contributed by atoms with Gasteiger partial charge in [-0.05, 0) is 51.0 Å². The molecule has 2 fully saturated rings. The maximum Gasteiger partial charge on any atom is 0.228 e. The monoisotopic (exact) mass is 279 g/mol. The normalized spacial score (nSPS) is 23.1. The number of likely N-dealkylation sites (N-methyl/N-ethyl adjacent to an activating group) is 1. The molecule has 0 radical (unpaired) electrons. The molecule has 20 heavy (non-hydrogen) atoms. The van der Waals surface area contributed by atoms with Crippen LogP contribution in [0.1, 0.15) is 57.2 Å². The number of hydrogen-bond acceptors (Lipinski definition) is 5. The SMILES string of the molecule is CCNC(Cc1nc(C2(OC)CCCC2)no1)C1CC1. The van der Waals surface area contributed by atoms with Gasteiger partial charge in [-0.15, -0.1) is 0 Å². The first kappa shape index (κ1) is 14.0. The fourth-order valence-electron chi connectivity index (χ4n) is 3.34. The minimum atomic E-state index is -0.297. The Labute approximate surface area is 120 Å². The van der Waals surface area contributed by atoms with Crippen LogP contribution < -0.4 is 5.32 Å². The molecule has 0 saturated heterocycles. The van der Waals surface area contributed by atoms with Crippen LogP contribution in [-0.2, 0) is 16.8 Å². The minimum absolute atomic E-state index is 0.297. The van der Waals surface area contributed by atoms with E-state index in [1.54, 1.807) is 7.11 Å². The van der Waals surface area contributed by atoms with Crippen molar-refractivity contribution in [1.82, 2.24) is 15.5 Å². The topological polar surface area (TPSA) is 60.2 Å². The highest BCUT2D eigenvalue weighted by molar-refractivity contribution is 5.05. The summed E-state index contributed by atoms with van der Waals surface area (Å²) in [5.41, 5.74) is -0.297. The average Bonchev–Trinajstić information content (AvgIpc) is 3.01. The lowest BCUT2D eigenvalue weighted by Gasteiger charge is -2.22. The van der Waals surface area contributed by atoms with Crippen LogP contribution in [0.15, 0.2) is 4.52 Å². The Kier molecular flexibility index (Phi) is 4.08. The average molecular weight is 279 g/mol. The smallest absolute Gasteiger partial charge is 0.228 e. The first-order valence-corrected chi connectivity index (χ1v) is 7.89. The van der Waals surface area contributed by atoms with Crippen molar-refractivity contribution in [2.24, 2.45) is 5.92 Å². The van der Waals surface area contributed by atoms with E-state index < -0.39 is 0 Å². The van der Waals surface area contributed by atoms with Crippen molar-refractivity contribution < 1.29 is 9.26 Å². The van der Waals surface area contributed by atoms with Crippen LogP contribution in [0.4, 0.5) is 0 Å². The van der Waals surface area contributed by atoms with Crippen molar-refractivity contribution in [3.63, 3.8) is 0 Å². The van der Waals surface area contributed by atoms with Gasteiger partial charge in [-0.2, -0.15) is 4.98 Å². The lowest BCUT2D eigenvalue weighted by Crippen LogP contribution is -2.33. The third kappa shape index (κ3) is 2.74. The number of methoxy groups -OCH3 is 1. The molecule has 0 spiro atoms. The van der Waals surface area contributed by atoms with Crippen molar-refractivity contribution in [2.45, 2.75) is 63.5 Å². The van der Waals surface area contributed by atoms with Crippen LogP contribution in [0.25, 0.3) is 0 Å². The Morgan fingerprint density at radius 1 is 1.40 bits per heavy atom. The highest BCUT2D eigenvalue weighted by Crippen LogP contribution is 2.40. The van der Waals surface area contributed by atoms with Crippen molar-refractivity contribution >= 4 is 0 Å². The second-order valence-electron chi connectivity index (χ2n) is 6.12. The van der Waals surface area contributed by atoms with Gasteiger partial charge in [0.1, 0.15) is 5.60 Å². The minimum Gasteiger partial charge on any atom is -0.370 e. The van der Waals surface area contributed by atoms with Gasteiger partial charge in [0, 0.05) is 19.6 Å². The maximum atomic E-state index is 5.71. The van der Waals surface area contributed by atoms with E-state index in [9.17, 15) is 0 Å². The molecule has 1 N–H and O–H groups in total. The molecule has 1 heterocycles. The van der Waals surface area contributed by atoms with Crippen molar-refractivity contribution in [3.05, 3.63) is 11.7 Å². The van der Waals surface area contributed by atoms with Crippen LogP contribution in [0.5, 0.6) is 0 Å². The lowest BCUT2D eigenvalue weighted by molar-refractivity contribution is -0.0178. The largest absolute Gasteiger partial charge is 0.370 e. The van der Waals surface area contributed by atoms with Crippen molar-refractivity contribution in [3.8, 4) is 0 Å². The number of ether oxygens (including phenoxy) is 1. The molecule has 2 aliphatic carbocycles. The molecule has 0 aliphatic heterocycles. The number of nitrogens with one attached hydrogen (secondary N) is 1. The van der Waals surface area contributed by atoms with E-state index >= 15 is 0 Å². The van der Waals surface area contributed by atoms with Gasteiger partial charge >= 0.3 is 0 Å². The van der Waals surface area contributed by atoms with Gasteiger partial charge in [-0.25, -0.2) is 0 Å². The number of rotatable bonds is 7. The van der Waals surface area contributed by atoms with Gasteiger partial charge in [0.15, 0.2) is 0 Å². The van der Waals surface area contributed by atoms with Crippen molar-refractivity contribution in [2.75, 3.05) is 13.7 Å². The molecule has 1 unspecified atom stereocenters. The second-order valence-corrected chi connectivity index (χ2v) is 6.12. The molecule has 1 aromatic heterocycles. The summed E-state index contributed by atoms with van der Waals surface area (Å²) in [5.74, 6) is 2.29. The summed E-state index contributed by atoms with van der Waals surface area (Å²) >= 11 is 0. The van der Waals surface area contributed by atoms with E-state index in [2.05, 4.69) is 22.4 Å². The van der Waals surface area contributed by atoms with Crippen molar-refractivity contribution in [1.29, 1.82) is 0 Å². The number of hydrogen-bond donors (Lipinski definition) is 1. The molecular weight excluding hydrogens is 254 g/mol.